The first kappa shape index (κ1) is 21.6. The third-order valence-corrected chi connectivity index (χ3v) is 7.66. The summed E-state index contributed by atoms with van der Waals surface area (Å²) in [4.78, 5) is 24.6. The van der Waals surface area contributed by atoms with E-state index in [1.165, 1.54) is 41.5 Å². The number of carbonyl (C=O) groups excluding carboxylic acids is 1. The number of rotatable bonds is 5. The standard InChI is InChI=1S/C27H36N4O/c1-20(2)23-8-9-26(28-17-23)22-6-7-24-18-29(11-10-21(24)16-22)19-27(32)31-14-12-30(13-15-31)25-4-3-5-25/h6-9,16-17,20,25H,3-5,10-15,18-19H2,1-2H3. The van der Waals surface area contributed by atoms with Crippen LogP contribution in [-0.2, 0) is 17.8 Å². The van der Waals surface area contributed by atoms with Crippen molar-refractivity contribution in [3.05, 3.63) is 53.2 Å². The first-order valence-electron chi connectivity index (χ1n) is 12.4. The molecule has 2 aliphatic heterocycles. The minimum atomic E-state index is 0.299. The van der Waals surface area contributed by atoms with Crippen LogP contribution < -0.4 is 0 Å². The van der Waals surface area contributed by atoms with Crippen LogP contribution in [0.15, 0.2) is 36.5 Å². The van der Waals surface area contributed by atoms with Crippen molar-refractivity contribution < 1.29 is 4.79 Å². The molecule has 5 rings (SSSR count). The quantitative estimate of drug-likeness (QED) is 0.718. The van der Waals surface area contributed by atoms with Crippen molar-refractivity contribution in [1.82, 2.24) is 19.7 Å². The normalized spacial score (nSPS) is 20.3. The van der Waals surface area contributed by atoms with Gasteiger partial charge in [-0.25, -0.2) is 0 Å². The molecule has 3 heterocycles. The zero-order chi connectivity index (χ0) is 22.1. The van der Waals surface area contributed by atoms with Gasteiger partial charge in [-0.2, -0.15) is 0 Å². The lowest BCUT2D eigenvalue weighted by molar-refractivity contribution is -0.135. The van der Waals surface area contributed by atoms with Gasteiger partial charge < -0.3 is 4.90 Å². The molecule has 0 unspecified atom stereocenters. The highest BCUT2D eigenvalue weighted by Gasteiger charge is 2.30. The molecule has 3 aliphatic rings. The summed E-state index contributed by atoms with van der Waals surface area (Å²) in [5.74, 6) is 0.799. The molecule has 1 saturated carbocycles. The van der Waals surface area contributed by atoms with Crippen LogP contribution in [-0.4, -0.2) is 70.9 Å². The van der Waals surface area contributed by atoms with E-state index in [0.717, 1.165) is 57.4 Å². The van der Waals surface area contributed by atoms with Crippen molar-refractivity contribution in [2.24, 2.45) is 0 Å². The summed E-state index contributed by atoms with van der Waals surface area (Å²) in [5, 5.41) is 0. The molecule has 5 heteroatoms. The molecular formula is C27H36N4O. The fraction of sp³-hybridized carbons (Fsp3) is 0.556. The number of aromatic nitrogens is 1. The number of hydrogen-bond donors (Lipinski definition) is 0. The number of fused-ring (bicyclic) bond motifs is 1. The van der Waals surface area contributed by atoms with E-state index in [-0.39, 0.29) is 0 Å². The number of piperazine rings is 1. The summed E-state index contributed by atoms with van der Waals surface area (Å²) in [6.07, 6.45) is 7.07. The Kier molecular flexibility index (Phi) is 6.29. The molecule has 0 atom stereocenters. The van der Waals surface area contributed by atoms with Crippen molar-refractivity contribution >= 4 is 5.91 Å². The fourth-order valence-corrected chi connectivity index (χ4v) is 5.20. The van der Waals surface area contributed by atoms with Crippen molar-refractivity contribution in [3.8, 4) is 11.3 Å². The maximum atomic E-state index is 12.9. The van der Waals surface area contributed by atoms with E-state index in [2.05, 4.69) is 63.9 Å². The summed E-state index contributed by atoms with van der Waals surface area (Å²) in [5.41, 5.74) is 6.25. The van der Waals surface area contributed by atoms with Crippen molar-refractivity contribution in [1.29, 1.82) is 0 Å². The average molecular weight is 433 g/mol. The number of hydrogen-bond acceptors (Lipinski definition) is 4. The second kappa shape index (κ2) is 9.32. The second-order valence-corrected chi connectivity index (χ2v) is 10.1. The summed E-state index contributed by atoms with van der Waals surface area (Å²) < 4.78 is 0. The molecule has 0 spiro atoms. The van der Waals surface area contributed by atoms with Crippen LogP contribution >= 0.6 is 0 Å². The van der Waals surface area contributed by atoms with Gasteiger partial charge in [0.2, 0.25) is 5.91 Å². The minimum absolute atomic E-state index is 0.299. The topological polar surface area (TPSA) is 39.7 Å². The van der Waals surface area contributed by atoms with Crippen LogP contribution in [0.3, 0.4) is 0 Å². The monoisotopic (exact) mass is 432 g/mol. The second-order valence-electron chi connectivity index (χ2n) is 10.1. The van der Waals surface area contributed by atoms with Crippen LogP contribution in [0.1, 0.15) is 55.7 Å². The first-order valence-corrected chi connectivity index (χ1v) is 12.4. The van der Waals surface area contributed by atoms with Gasteiger partial charge >= 0.3 is 0 Å². The third-order valence-electron chi connectivity index (χ3n) is 7.66. The zero-order valence-corrected chi connectivity index (χ0v) is 19.6. The molecule has 0 bridgehead atoms. The Labute approximate surface area is 192 Å². The molecule has 2 aromatic rings. The Balaban J connectivity index is 1.16. The highest BCUT2D eigenvalue weighted by molar-refractivity contribution is 5.78. The Hall–Kier alpha value is -2.24. The lowest BCUT2D eigenvalue weighted by atomic mass is 9.91. The molecule has 1 saturated heterocycles. The molecule has 0 radical (unpaired) electrons. The summed E-state index contributed by atoms with van der Waals surface area (Å²) in [7, 11) is 0. The third kappa shape index (κ3) is 4.60. The Morgan fingerprint density at radius 2 is 1.84 bits per heavy atom. The summed E-state index contributed by atoms with van der Waals surface area (Å²) >= 11 is 0. The summed E-state index contributed by atoms with van der Waals surface area (Å²) in [6.45, 7) is 10.6. The number of nitrogens with zero attached hydrogens (tertiary/aromatic N) is 4. The predicted octanol–water partition coefficient (Wildman–Crippen LogP) is 3.93. The number of amides is 1. The lowest BCUT2D eigenvalue weighted by Crippen LogP contribution is -2.55. The Morgan fingerprint density at radius 3 is 2.50 bits per heavy atom. The smallest absolute Gasteiger partial charge is 0.236 e. The van der Waals surface area contributed by atoms with Gasteiger partial charge in [-0.1, -0.05) is 38.5 Å². The molecule has 5 nitrogen and oxygen atoms in total. The van der Waals surface area contributed by atoms with E-state index in [4.69, 9.17) is 0 Å². The van der Waals surface area contributed by atoms with E-state index in [1.54, 1.807) is 0 Å². The van der Waals surface area contributed by atoms with Crippen molar-refractivity contribution in [3.63, 3.8) is 0 Å². The van der Waals surface area contributed by atoms with E-state index in [9.17, 15) is 4.79 Å². The van der Waals surface area contributed by atoms with Crippen LogP contribution in [0.5, 0.6) is 0 Å². The number of benzene rings is 1. The van der Waals surface area contributed by atoms with Crippen LogP contribution in [0.4, 0.5) is 0 Å². The first-order chi connectivity index (χ1) is 15.6. The van der Waals surface area contributed by atoms with Gasteiger partial charge in [0, 0.05) is 57.1 Å². The summed E-state index contributed by atoms with van der Waals surface area (Å²) in [6, 6.07) is 11.8. The molecule has 1 amide bonds. The van der Waals surface area contributed by atoms with E-state index in [0.29, 0.717) is 18.4 Å². The van der Waals surface area contributed by atoms with Crippen molar-refractivity contribution in [2.45, 2.75) is 58.0 Å². The average Bonchev–Trinajstić information content (AvgIpc) is 2.78. The highest BCUT2D eigenvalue weighted by atomic mass is 16.2. The molecule has 1 aromatic carbocycles. The van der Waals surface area contributed by atoms with Crippen LogP contribution in [0, 0.1) is 0 Å². The van der Waals surface area contributed by atoms with Gasteiger partial charge in [-0.05, 0) is 54.0 Å². The highest BCUT2D eigenvalue weighted by Crippen LogP contribution is 2.27. The van der Waals surface area contributed by atoms with Crippen LogP contribution in [0.2, 0.25) is 0 Å². The van der Waals surface area contributed by atoms with E-state index < -0.39 is 0 Å². The van der Waals surface area contributed by atoms with Gasteiger partial charge in [-0.3, -0.25) is 19.6 Å². The molecule has 170 valence electrons. The lowest BCUT2D eigenvalue weighted by Gasteiger charge is -2.43. The minimum Gasteiger partial charge on any atom is -0.339 e. The molecular weight excluding hydrogens is 396 g/mol. The number of carbonyl (C=O) groups is 1. The maximum Gasteiger partial charge on any atom is 0.236 e. The SMILES string of the molecule is CC(C)c1ccc(-c2ccc3c(c2)CCN(CC(=O)N2CCN(C4CCC4)CC2)C3)nc1. The zero-order valence-electron chi connectivity index (χ0n) is 19.6. The van der Waals surface area contributed by atoms with Gasteiger partial charge in [0.05, 0.1) is 12.2 Å². The Morgan fingerprint density at radius 1 is 1.03 bits per heavy atom. The Bertz CT molecular complexity index is 943. The van der Waals surface area contributed by atoms with Gasteiger partial charge in [-0.15, -0.1) is 0 Å². The van der Waals surface area contributed by atoms with Crippen LogP contribution in [0.25, 0.3) is 11.3 Å². The van der Waals surface area contributed by atoms with E-state index in [1.807, 2.05) is 6.20 Å². The predicted molar refractivity (Wildman–Crippen MR) is 129 cm³/mol. The largest absolute Gasteiger partial charge is 0.339 e. The molecule has 32 heavy (non-hydrogen) atoms. The number of pyridine rings is 1. The molecule has 2 fully saturated rings. The molecule has 0 N–H and O–H groups in total. The van der Waals surface area contributed by atoms with E-state index >= 15 is 0 Å². The maximum absolute atomic E-state index is 12.9. The molecule has 1 aliphatic carbocycles. The van der Waals surface area contributed by atoms with Crippen molar-refractivity contribution in [2.75, 3.05) is 39.3 Å². The van der Waals surface area contributed by atoms with Gasteiger partial charge in [0.25, 0.3) is 0 Å². The molecule has 1 aromatic heterocycles. The van der Waals surface area contributed by atoms with Gasteiger partial charge in [0.1, 0.15) is 0 Å². The fourth-order valence-electron chi connectivity index (χ4n) is 5.20. The van der Waals surface area contributed by atoms with Gasteiger partial charge in [0.15, 0.2) is 0 Å².